The maximum atomic E-state index is 13.1. The Balaban J connectivity index is 1.25. The van der Waals surface area contributed by atoms with E-state index in [4.69, 9.17) is 0 Å². The minimum atomic E-state index is -4.75. The van der Waals surface area contributed by atoms with Crippen molar-refractivity contribution >= 4 is 34.7 Å². The van der Waals surface area contributed by atoms with Gasteiger partial charge >= 0.3 is 12.4 Å². The Hall–Kier alpha value is -4.58. The molecule has 4 aromatic rings. The Bertz CT molecular complexity index is 1730. The molecule has 1 aliphatic heterocycles. The molecule has 3 aromatic carbocycles. The topological polar surface area (TPSA) is 84.6 Å². The number of anilines is 1. The van der Waals surface area contributed by atoms with Crippen molar-refractivity contribution in [3.05, 3.63) is 95.4 Å². The smallest absolute Gasteiger partial charge is 0.406 e. The quantitative estimate of drug-likeness (QED) is 0.206. The summed E-state index contributed by atoms with van der Waals surface area (Å²) in [5, 5.41) is 8.04. The first-order valence-electron chi connectivity index (χ1n) is 15.0. The monoisotopic (exact) mass is 648 g/mol. The summed E-state index contributed by atoms with van der Waals surface area (Å²) in [6, 6.07) is 19.1. The first-order chi connectivity index (χ1) is 22.0. The van der Waals surface area contributed by atoms with Gasteiger partial charge in [0.1, 0.15) is 12.1 Å². The Kier molecular flexibility index (Phi) is 10.2. The molecular weight excluding hydrogens is 613 g/mol. The Morgan fingerprint density at radius 3 is 2.57 bits per heavy atom. The number of allylic oxidation sites excluding steroid dienone is 1. The third kappa shape index (κ3) is 8.36. The van der Waals surface area contributed by atoms with E-state index in [0.29, 0.717) is 22.4 Å². The van der Waals surface area contributed by atoms with Crippen molar-refractivity contribution in [3.63, 3.8) is 0 Å². The van der Waals surface area contributed by atoms with E-state index < -0.39 is 12.4 Å². The second-order valence-electron chi connectivity index (χ2n) is 11.1. The van der Waals surface area contributed by atoms with E-state index in [-0.39, 0.29) is 11.8 Å². The average molecular weight is 649 g/mol. The molecule has 8 nitrogen and oxygen atoms in total. The molecule has 2 heterocycles. The van der Waals surface area contributed by atoms with Gasteiger partial charge in [0.15, 0.2) is 11.0 Å². The van der Waals surface area contributed by atoms with Crippen molar-refractivity contribution in [2.24, 2.45) is 4.99 Å². The fourth-order valence-electron chi connectivity index (χ4n) is 5.13. The average Bonchev–Trinajstić information content (AvgIpc) is 3.49. The van der Waals surface area contributed by atoms with Crippen molar-refractivity contribution in [1.29, 1.82) is 0 Å². The molecule has 2 amide bonds. The van der Waals surface area contributed by atoms with Gasteiger partial charge in [-0.3, -0.25) is 0 Å². The van der Waals surface area contributed by atoms with E-state index >= 15 is 0 Å². The number of thioether (sulfide) groups is 1. The molecule has 1 fully saturated rings. The summed E-state index contributed by atoms with van der Waals surface area (Å²) >= 11 is 1.60. The summed E-state index contributed by atoms with van der Waals surface area (Å²) in [6.07, 6.45) is 1.58. The Morgan fingerprint density at radius 2 is 1.87 bits per heavy atom. The Labute approximate surface area is 270 Å². The van der Waals surface area contributed by atoms with E-state index in [9.17, 15) is 18.0 Å². The number of ether oxygens (including phenoxy) is 1. The molecule has 1 unspecified atom stereocenters. The number of halogens is 3. The molecule has 1 aromatic heterocycles. The number of benzene rings is 3. The zero-order valence-electron chi connectivity index (χ0n) is 26.0. The van der Waals surface area contributed by atoms with Crippen LogP contribution in [-0.2, 0) is 6.42 Å². The molecular formula is C34H35F3N6O2S. The van der Waals surface area contributed by atoms with Gasteiger partial charge in [-0.1, -0.05) is 61.5 Å². The number of amides is 2. The number of aliphatic imine (C=N–C) groups is 1. The number of nitrogens with zero attached hydrogens (tertiary/aromatic N) is 5. The number of amidine groups is 1. The van der Waals surface area contributed by atoms with Crippen molar-refractivity contribution in [3.8, 4) is 22.8 Å². The van der Waals surface area contributed by atoms with Gasteiger partial charge in [-0.2, -0.15) is 4.99 Å². The summed E-state index contributed by atoms with van der Waals surface area (Å²) in [6.45, 7) is 8.24. The van der Waals surface area contributed by atoms with Crippen molar-refractivity contribution in [2.75, 3.05) is 10.7 Å². The van der Waals surface area contributed by atoms with E-state index in [2.05, 4.69) is 69.0 Å². The number of carbonyl (C=O) groups excluding carboxylic acids is 1. The lowest BCUT2D eigenvalue weighted by atomic mass is 10.0. The van der Waals surface area contributed by atoms with Crippen LogP contribution in [0, 0.1) is 6.92 Å². The first-order valence-corrected chi connectivity index (χ1v) is 16.0. The first kappa shape index (κ1) is 32.8. The number of nitrogens with one attached hydrogen (secondary N) is 1. The van der Waals surface area contributed by atoms with E-state index in [1.807, 2.05) is 37.3 Å². The van der Waals surface area contributed by atoms with Gasteiger partial charge in [-0.15, -0.1) is 18.3 Å². The summed E-state index contributed by atoms with van der Waals surface area (Å²) < 4.78 is 42.7. The molecule has 0 saturated carbocycles. The highest BCUT2D eigenvalue weighted by Gasteiger charge is 2.31. The summed E-state index contributed by atoms with van der Waals surface area (Å²) in [7, 11) is 0. The van der Waals surface area contributed by atoms with Gasteiger partial charge in [-0.05, 0) is 86.7 Å². The van der Waals surface area contributed by atoms with Gasteiger partial charge in [-0.25, -0.2) is 14.5 Å². The molecule has 0 bridgehead atoms. The van der Waals surface area contributed by atoms with Gasteiger partial charge in [0.05, 0.1) is 5.69 Å². The zero-order chi connectivity index (χ0) is 32.8. The lowest BCUT2D eigenvalue weighted by Crippen LogP contribution is -2.42. The zero-order valence-corrected chi connectivity index (χ0v) is 26.8. The van der Waals surface area contributed by atoms with Crippen LogP contribution >= 0.6 is 11.8 Å². The highest BCUT2D eigenvalue weighted by Crippen LogP contribution is 2.33. The van der Waals surface area contributed by atoms with Gasteiger partial charge in [0, 0.05) is 28.7 Å². The van der Waals surface area contributed by atoms with Crippen LogP contribution in [0.1, 0.15) is 50.3 Å². The maximum absolute atomic E-state index is 13.1. The number of urea groups is 1. The molecule has 240 valence electrons. The highest BCUT2D eigenvalue weighted by atomic mass is 32.2. The predicted octanol–water partition coefficient (Wildman–Crippen LogP) is 8.55. The summed E-state index contributed by atoms with van der Waals surface area (Å²) in [4.78, 5) is 24.1. The largest absolute Gasteiger partial charge is 0.573 e. The molecule has 46 heavy (non-hydrogen) atoms. The van der Waals surface area contributed by atoms with Crippen molar-refractivity contribution < 1.29 is 22.7 Å². The SMILES string of the molecule is CCCc1ccc(C)cc1N1C(=NC(=O)N/C(C)=C/c2ccc(-c3ncn(-c4ccc(OC(F)(F)F)cc4)n3)cc2)SCCC1C. The van der Waals surface area contributed by atoms with E-state index in [1.54, 1.807) is 11.8 Å². The third-order valence-corrected chi connectivity index (χ3v) is 8.30. The molecule has 1 N–H and O–H groups in total. The van der Waals surface area contributed by atoms with E-state index in [1.165, 1.54) is 46.4 Å². The normalized spacial score (nSPS) is 16.5. The number of carbonyl (C=O) groups is 1. The Morgan fingerprint density at radius 1 is 1.13 bits per heavy atom. The van der Waals surface area contributed by atoms with Crippen LogP contribution in [0.3, 0.4) is 0 Å². The summed E-state index contributed by atoms with van der Waals surface area (Å²) in [5.74, 6) is 1.04. The predicted molar refractivity (Wildman–Crippen MR) is 177 cm³/mol. The highest BCUT2D eigenvalue weighted by molar-refractivity contribution is 8.14. The third-order valence-electron chi connectivity index (χ3n) is 7.31. The van der Waals surface area contributed by atoms with Crippen LogP contribution in [0.5, 0.6) is 5.75 Å². The van der Waals surface area contributed by atoms with Crippen LogP contribution in [0.15, 0.2) is 83.7 Å². The van der Waals surface area contributed by atoms with Crippen LogP contribution in [0.25, 0.3) is 23.2 Å². The van der Waals surface area contributed by atoms with Gasteiger partial charge in [0.25, 0.3) is 0 Å². The van der Waals surface area contributed by atoms with Crippen LogP contribution in [0.4, 0.5) is 23.7 Å². The van der Waals surface area contributed by atoms with Crippen molar-refractivity contribution in [1.82, 2.24) is 20.1 Å². The molecule has 1 atom stereocenters. The fourth-order valence-corrected chi connectivity index (χ4v) is 6.34. The van der Waals surface area contributed by atoms with E-state index in [0.717, 1.165) is 41.8 Å². The van der Waals surface area contributed by atoms with Crippen LogP contribution < -0.4 is 15.0 Å². The minimum Gasteiger partial charge on any atom is -0.406 e. The minimum absolute atomic E-state index is 0.222. The van der Waals surface area contributed by atoms with Gasteiger partial charge < -0.3 is 15.0 Å². The second-order valence-corrected chi connectivity index (χ2v) is 12.1. The molecule has 0 spiro atoms. The standard InChI is InChI=1S/C34H35F3N6O2S/c1-5-6-26-10-7-22(2)19-30(26)43-24(4)17-18-46-33(43)40-32(44)39-23(3)20-25-8-11-27(12-9-25)31-38-21-42(41-31)28-13-15-29(16-14-28)45-34(35,36)37/h7-16,19-21,24H,5-6,17-18H2,1-4H3,(H,39,44)/b23-20+,40-33?. The summed E-state index contributed by atoms with van der Waals surface area (Å²) in [5.41, 5.74) is 6.34. The van der Waals surface area contributed by atoms with Crippen LogP contribution in [-0.4, -0.2) is 44.1 Å². The molecule has 0 aliphatic carbocycles. The maximum Gasteiger partial charge on any atom is 0.573 e. The van der Waals surface area contributed by atoms with Crippen molar-refractivity contribution in [2.45, 2.75) is 59.4 Å². The lowest BCUT2D eigenvalue weighted by Gasteiger charge is -2.37. The molecule has 1 saturated heterocycles. The number of aryl methyl sites for hydroxylation is 2. The fraction of sp³-hybridized carbons (Fsp3) is 0.294. The van der Waals surface area contributed by atoms with Gasteiger partial charge in [0.2, 0.25) is 0 Å². The second kappa shape index (κ2) is 14.2. The molecule has 0 radical (unpaired) electrons. The number of hydrogen-bond donors (Lipinski definition) is 1. The molecule has 12 heteroatoms. The number of aromatic nitrogens is 3. The van der Waals surface area contributed by atoms with Crippen LogP contribution in [0.2, 0.25) is 0 Å². The number of hydrogen-bond acceptors (Lipinski definition) is 5. The lowest BCUT2D eigenvalue weighted by molar-refractivity contribution is -0.274. The molecule has 1 aliphatic rings. The number of rotatable bonds is 8. The molecule has 5 rings (SSSR count). The number of alkyl halides is 3.